The lowest BCUT2D eigenvalue weighted by Gasteiger charge is -2.38. The molecule has 2 aromatic heterocycles. The summed E-state index contributed by atoms with van der Waals surface area (Å²) in [5.74, 6) is -0.641. The van der Waals surface area contributed by atoms with Gasteiger partial charge in [-0.05, 0) is 49.1 Å². The van der Waals surface area contributed by atoms with E-state index in [9.17, 15) is 18.0 Å². The van der Waals surface area contributed by atoms with Crippen molar-refractivity contribution in [3.8, 4) is 11.1 Å². The van der Waals surface area contributed by atoms with E-state index in [-0.39, 0.29) is 29.8 Å². The minimum atomic E-state index is -4.23. The van der Waals surface area contributed by atoms with Crippen molar-refractivity contribution in [2.45, 2.75) is 49.7 Å². The van der Waals surface area contributed by atoms with Gasteiger partial charge in [-0.3, -0.25) is 14.2 Å². The standard InChI is InChI=1S/C30H29Cl2N7O4S/c1-3-9-35-27(40)25-8-10-37(25)44(42,43)26-17-36-29-38(24-12-22(31)11-23(32)13-24)28(41)30(2,39(26)29)14-19-4-6-20(7-5-19)21-15-33-18-34-16-21/h4-7,11-13,15-18,25H,3,8-10,14H2,1-2H3,(H,35,40)/t25-,30+/m0/s1. The molecule has 11 nitrogen and oxygen atoms in total. The quantitative estimate of drug-likeness (QED) is 0.280. The van der Waals surface area contributed by atoms with Crippen molar-refractivity contribution >= 4 is 56.7 Å². The molecule has 2 amide bonds. The van der Waals surface area contributed by atoms with Crippen LogP contribution in [0.3, 0.4) is 0 Å². The van der Waals surface area contributed by atoms with Gasteiger partial charge in [0.2, 0.25) is 11.9 Å². The SMILES string of the molecule is CCCNC(=O)[C@@H]1CCN1S(=O)(=O)c1cnc2n1[C@](C)(Cc1ccc(-c3cncnc3)cc1)C(=O)N2c1cc(Cl)cc(Cl)c1. The first kappa shape index (κ1) is 30.2. The second-order valence-corrected chi connectivity index (χ2v) is 13.7. The molecule has 6 rings (SSSR count). The third kappa shape index (κ3) is 5.15. The predicted molar refractivity (Wildman–Crippen MR) is 166 cm³/mol. The number of halogens is 2. The van der Waals surface area contributed by atoms with E-state index in [1.165, 1.54) is 26.3 Å². The molecule has 44 heavy (non-hydrogen) atoms. The van der Waals surface area contributed by atoms with Crippen molar-refractivity contribution in [1.29, 1.82) is 0 Å². The highest BCUT2D eigenvalue weighted by atomic mass is 35.5. The number of carbonyl (C=O) groups excluding carboxylic acids is 2. The van der Waals surface area contributed by atoms with Crippen LogP contribution in [0, 0.1) is 0 Å². The van der Waals surface area contributed by atoms with Gasteiger partial charge in [-0.2, -0.15) is 4.31 Å². The van der Waals surface area contributed by atoms with E-state index >= 15 is 0 Å². The van der Waals surface area contributed by atoms with Crippen LogP contribution in [0.15, 0.2) is 72.4 Å². The van der Waals surface area contributed by atoms with Crippen LogP contribution >= 0.6 is 23.2 Å². The van der Waals surface area contributed by atoms with E-state index in [1.54, 1.807) is 37.5 Å². The molecule has 14 heteroatoms. The van der Waals surface area contributed by atoms with E-state index in [1.807, 2.05) is 31.2 Å². The van der Waals surface area contributed by atoms with Crippen molar-refractivity contribution < 1.29 is 18.0 Å². The Kier molecular flexibility index (Phi) is 7.95. The summed E-state index contributed by atoms with van der Waals surface area (Å²) in [4.78, 5) is 41.1. The summed E-state index contributed by atoms with van der Waals surface area (Å²) in [6.07, 6.45) is 7.39. The molecule has 0 aliphatic carbocycles. The Hall–Kier alpha value is -3.84. The zero-order valence-corrected chi connectivity index (χ0v) is 26.3. The number of nitrogens with one attached hydrogen (secondary N) is 1. The third-order valence-electron chi connectivity index (χ3n) is 7.97. The normalized spacial score (nSPS) is 20.0. The van der Waals surface area contributed by atoms with E-state index < -0.39 is 27.5 Å². The molecule has 2 aromatic carbocycles. The first-order valence-corrected chi connectivity index (χ1v) is 16.3. The van der Waals surface area contributed by atoms with Crippen molar-refractivity contribution in [1.82, 2.24) is 29.1 Å². The van der Waals surface area contributed by atoms with Crippen LogP contribution < -0.4 is 10.2 Å². The number of benzene rings is 2. The van der Waals surface area contributed by atoms with Gasteiger partial charge in [-0.1, -0.05) is 54.4 Å². The molecule has 2 aliphatic rings. The van der Waals surface area contributed by atoms with Crippen LogP contribution in [0.1, 0.15) is 32.3 Å². The summed E-state index contributed by atoms with van der Waals surface area (Å²) in [7, 11) is -4.23. The van der Waals surface area contributed by atoms with Crippen LogP contribution in [0.2, 0.25) is 10.0 Å². The van der Waals surface area contributed by atoms with Crippen LogP contribution in [0.5, 0.6) is 0 Å². The largest absolute Gasteiger partial charge is 0.355 e. The van der Waals surface area contributed by atoms with Crippen LogP contribution in [-0.2, 0) is 31.6 Å². The molecule has 1 saturated heterocycles. The molecule has 0 bridgehead atoms. The van der Waals surface area contributed by atoms with Crippen molar-refractivity contribution in [2.24, 2.45) is 0 Å². The molecule has 228 valence electrons. The second kappa shape index (κ2) is 11.6. The van der Waals surface area contributed by atoms with E-state index in [0.29, 0.717) is 28.7 Å². The smallest absolute Gasteiger partial charge is 0.261 e. The maximum Gasteiger partial charge on any atom is 0.261 e. The molecule has 0 radical (unpaired) electrons. The molecule has 4 aromatic rings. The minimum absolute atomic E-state index is 0.111. The van der Waals surface area contributed by atoms with E-state index in [2.05, 4.69) is 20.3 Å². The van der Waals surface area contributed by atoms with Crippen molar-refractivity contribution in [2.75, 3.05) is 18.0 Å². The van der Waals surface area contributed by atoms with Crippen molar-refractivity contribution in [3.05, 3.63) is 83.0 Å². The summed E-state index contributed by atoms with van der Waals surface area (Å²) < 4.78 is 30.9. The zero-order valence-electron chi connectivity index (χ0n) is 23.9. The average molecular weight is 655 g/mol. The lowest BCUT2D eigenvalue weighted by molar-refractivity contribution is -0.127. The fourth-order valence-corrected chi connectivity index (χ4v) is 8.01. The monoisotopic (exact) mass is 653 g/mol. The molecule has 0 spiro atoms. The highest BCUT2D eigenvalue weighted by Crippen LogP contribution is 2.45. The van der Waals surface area contributed by atoms with Gasteiger partial charge >= 0.3 is 0 Å². The van der Waals surface area contributed by atoms with Crippen LogP contribution in [0.25, 0.3) is 11.1 Å². The van der Waals surface area contributed by atoms with Crippen LogP contribution in [-0.4, -0.2) is 63.2 Å². The highest BCUT2D eigenvalue weighted by molar-refractivity contribution is 7.89. The Bertz CT molecular complexity index is 1830. The molecular weight excluding hydrogens is 625 g/mol. The Balaban J connectivity index is 1.42. The number of hydrogen-bond acceptors (Lipinski definition) is 7. The predicted octanol–water partition coefficient (Wildman–Crippen LogP) is 4.57. The topological polar surface area (TPSA) is 130 Å². The van der Waals surface area contributed by atoms with E-state index in [4.69, 9.17) is 23.2 Å². The summed E-state index contributed by atoms with van der Waals surface area (Å²) in [6, 6.07) is 11.4. The van der Waals surface area contributed by atoms with Gasteiger partial charge in [0, 0.05) is 47.5 Å². The van der Waals surface area contributed by atoms with E-state index in [0.717, 1.165) is 23.1 Å². The Labute approximate surface area is 264 Å². The number of imidazole rings is 1. The Morgan fingerprint density at radius 3 is 2.34 bits per heavy atom. The molecule has 4 heterocycles. The maximum atomic E-state index is 14.4. The summed E-state index contributed by atoms with van der Waals surface area (Å²) in [6.45, 7) is 4.23. The number of carbonyl (C=O) groups is 2. The molecule has 1 N–H and O–H groups in total. The maximum absolute atomic E-state index is 14.4. The summed E-state index contributed by atoms with van der Waals surface area (Å²) in [5.41, 5.74) is 1.46. The van der Waals surface area contributed by atoms with Gasteiger partial charge in [0.15, 0.2) is 5.03 Å². The Morgan fingerprint density at radius 2 is 1.73 bits per heavy atom. The molecule has 2 atom stereocenters. The number of nitrogens with zero attached hydrogens (tertiary/aromatic N) is 6. The van der Waals surface area contributed by atoms with Gasteiger partial charge in [-0.25, -0.2) is 28.3 Å². The highest BCUT2D eigenvalue weighted by Gasteiger charge is 2.54. The third-order valence-corrected chi connectivity index (χ3v) is 10.3. The van der Waals surface area contributed by atoms with Crippen molar-refractivity contribution in [3.63, 3.8) is 0 Å². The number of sulfonamides is 1. The number of rotatable bonds is 9. The van der Waals surface area contributed by atoms with Gasteiger partial charge < -0.3 is 5.32 Å². The second-order valence-electron chi connectivity index (χ2n) is 11.0. The molecule has 0 saturated carbocycles. The Morgan fingerprint density at radius 1 is 1.05 bits per heavy atom. The average Bonchev–Trinajstić information content (AvgIpc) is 3.50. The first-order valence-electron chi connectivity index (χ1n) is 14.1. The number of hydrogen-bond donors (Lipinski definition) is 1. The van der Waals surface area contributed by atoms with Gasteiger partial charge in [0.05, 0.1) is 11.9 Å². The number of amides is 2. The molecular formula is C30H29Cl2N7O4S. The fraction of sp³-hybridized carbons (Fsp3) is 0.300. The summed E-state index contributed by atoms with van der Waals surface area (Å²) >= 11 is 12.6. The van der Waals surface area contributed by atoms with Crippen LogP contribution in [0.4, 0.5) is 11.6 Å². The molecule has 0 unspecified atom stereocenters. The minimum Gasteiger partial charge on any atom is -0.355 e. The number of anilines is 2. The fourth-order valence-electron chi connectivity index (χ4n) is 5.67. The van der Waals surface area contributed by atoms with Gasteiger partial charge in [0.1, 0.15) is 17.9 Å². The lowest BCUT2D eigenvalue weighted by Crippen LogP contribution is -2.58. The number of fused-ring (bicyclic) bond motifs is 1. The van der Waals surface area contributed by atoms with Gasteiger partial charge in [0.25, 0.3) is 15.9 Å². The molecule has 2 aliphatic heterocycles. The number of aromatic nitrogens is 4. The first-order chi connectivity index (χ1) is 21.0. The lowest BCUT2D eigenvalue weighted by atomic mass is 9.91. The molecule has 1 fully saturated rings. The zero-order chi connectivity index (χ0) is 31.2. The summed E-state index contributed by atoms with van der Waals surface area (Å²) in [5, 5.41) is 3.22. The van der Waals surface area contributed by atoms with Gasteiger partial charge in [-0.15, -0.1) is 0 Å².